The lowest BCUT2D eigenvalue weighted by Gasteiger charge is -2.12. The summed E-state index contributed by atoms with van der Waals surface area (Å²) < 4.78 is 0. The summed E-state index contributed by atoms with van der Waals surface area (Å²) in [6.45, 7) is 1.89. The highest BCUT2D eigenvalue weighted by atomic mass is 32.2. The Hall–Kier alpha value is -2.01. The van der Waals surface area contributed by atoms with Crippen molar-refractivity contribution in [2.75, 3.05) is 23.9 Å². The first-order chi connectivity index (χ1) is 9.65. The number of rotatable bonds is 4. The van der Waals surface area contributed by atoms with Crippen molar-refractivity contribution in [3.63, 3.8) is 0 Å². The van der Waals surface area contributed by atoms with Gasteiger partial charge in [0.25, 0.3) is 5.91 Å². The van der Waals surface area contributed by atoms with Crippen LogP contribution in [0.25, 0.3) is 0 Å². The quantitative estimate of drug-likeness (QED) is 0.846. The average molecular weight is 287 g/mol. The molecule has 0 aliphatic heterocycles. The van der Waals surface area contributed by atoms with E-state index in [0.29, 0.717) is 5.56 Å². The second-order valence-electron chi connectivity index (χ2n) is 4.28. The van der Waals surface area contributed by atoms with E-state index in [1.807, 2.05) is 43.5 Å². The molecule has 0 fully saturated rings. The number of aryl methyl sites for hydroxylation is 1. The number of carbonyl (C=O) groups excluding carboxylic acids is 1. The molecule has 0 bridgehead atoms. The Morgan fingerprint density at radius 3 is 2.70 bits per heavy atom. The molecule has 2 rings (SSSR count). The number of para-hydroxylation sites is 1. The van der Waals surface area contributed by atoms with Crippen LogP contribution in [0.3, 0.4) is 0 Å². The molecule has 0 spiro atoms. The molecule has 4 nitrogen and oxygen atoms in total. The first kappa shape index (κ1) is 14.4. The van der Waals surface area contributed by atoms with E-state index in [1.165, 1.54) is 0 Å². The number of aromatic nitrogens is 1. The van der Waals surface area contributed by atoms with Gasteiger partial charge in [0, 0.05) is 23.8 Å². The molecule has 0 unspecified atom stereocenters. The lowest BCUT2D eigenvalue weighted by Crippen LogP contribution is -2.15. The number of amides is 1. The number of hydrogen-bond donors (Lipinski definition) is 2. The number of nitrogens with one attached hydrogen (secondary N) is 2. The maximum atomic E-state index is 12.4. The second-order valence-corrected chi connectivity index (χ2v) is 5.12. The Balaban J connectivity index is 2.28. The van der Waals surface area contributed by atoms with E-state index in [1.54, 1.807) is 25.0 Å². The highest BCUT2D eigenvalue weighted by Crippen LogP contribution is 2.26. The van der Waals surface area contributed by atoms with E-state index in [9.17, 15) is 4.79 Å². The number of hydrogen-bond acceptors (Lipinski definition) is 4. The van der Waals surface area contributed by atoms with Gasteiger partial charge < -0.3 is 10.6 Å². The molecule has 1 amide bonds. The molecule has 1 aromatic carbocycles. The van der Waals surface area contributed by atoms with Crippen LogP contribution < -0.4 is 10.6 Å². The summed E-state index contributed by atoms with van der Waals surface area (Å²) in [6, 6.07) is 9.59. The lowest BCUT2D eigenvalue weighted by molar-refractivity contribution is 0.102. The summed E-state index contributed by atoms with van der Waals surface area (Å²) in [6.07, 6.45) is 3.58. The standard InChI is InChI=1S/C15H17N3OS/c1-10-8-13(16-2)11(9-17-10)15(19)18-12-6-4-5-7-14(12)20-3/h4-9H,1-3H3,(H,16,17)(H,18,19). The van der Waals surface area contributed by atoms with Crippen LogP contribution in [0.1, 0.15) is 16.1 Å². The third-order valence-electron chi connectivity index (χ3n) is 2.91. The summed E-state index contributed by atoms with van der Waals surface area (Å²) in [5.74, 6) is -0.164. The Morgan fingerprint density at radius 1 is 1.25 bits per heavy atom. The summed E-state index contributed by atoms with van der Waals surface area (Å²) in [4.78, 5) is 17.6. The molecule has 0 aliphatic carbocycles. The van der Waals surface area contributed by atoms with Crippen molar-refractivity contribution in [1.29, 1.82) is 0 Å². The zero-order valence-corrected chi connectivity index (χ0v) is 12.5. The number of thioether (sulfide) groups is 1. The zero-order chi connectivity index (χ0) is 14.5. The predicted molar refractivity (Wildman–Crippen MR) is 84.7 cm³/mol. The SMILES string of the molecule is CNc1cc(C)ncc1C(=O)Nc1ccccc1SC. The first-order valence-corrected chi connectivity index (χ1v) is 7.47. The van der Waals surface area contributed by atoms with Gasteiger partial charge in [-0.1, -0.05) is 12.1 Å². The minimum absolute atomic E-state index is 0.164. The van der Waals surface area contributed by atoms with Crippen LogP contribution in [0.4, 0.5) is 11.4 Å². The van der Waals surface area contributed by atoms with Crippen LogP contribution in [0.2, 0.25) is 0 Å². The van der Waals surface area contributed by atoms with Gasteiger partial charge >= 0.3 is 0 Å². The molecule has 5 heteroatoms. The maximum absolute atomic E-state index is 12.4. The van der Waals surface area contributed by atoms with Crippen molar-refractivity contribution in [2.45, 2.75) is 11.8 Å². The van der Waals surface area contributed by atoms with Gasteiger partial charge in [-0.15, -0.1) is 11.8 Å². The fourth-order valence-electron chi connectivity index (χ4n) is 1.89. The Labute approximate surface area is 123 Å². The smallest absolute Gasteiger partial charge is 0.259 e. The van der Waals surface area contributed by atoms with Crippen LogP contribution >= 0.6 is 11.8 Å². The fraction of sp³-hybridized carbons (Fsp3) is 0.200. The van der Waals surface area contributed by atoms with Gasteiger partial charge in [-0.05, 0) is 31.4 Å². The van der Waals surface area contributed by atoms with Gasteiger partial charge in [0.15, 0.2) is 0 Å². The van der Waals surface area contributed by atoms with Crippen molar-refractivity contribution in [3.05, 3.63) is 47.8 Å². The summed E-state index contributed by atoms with van der Waals surface area (Å²) in [5, 5.41) is 5.96. The predicted octanol–water partition coefficient (Wildman–Crippen LogP) is 3.41. The summed E-state index contributed by atoms with van der Waals surface area (Å²) >= 11 is 1.60. The Bertz CT molecular complexity index is 628. The van der Waals surface area contributed by atoms with Gasteiger partial charge in [0.05, 0.1) is 16.9 Å². The van der Waals surface area contributed by atoms with Gasteiger partial charge in [0.1, 0.15) is 0 Å². The molecule has 0 radical (unpaired) electrons. The molecule has 0 saturated carbocycles. The largest absolute Gasteiger partial charge is 0.387 e. The maximum Gasteiger partial charge on any atom is 0.259 e. The first-order valence-electron chi connectivity index (χ1n) is 6.24. The normalized spacial score (nSPS) is 10.2. The van der Waals surface area contributed by atoms with Crippen molar-refractivity contribution in [2.24, 2.45) is 0 Å². The number of anilines is 2. The van der Waals surface area contributed by atoms with E-state index in [-0.39, 0.29) is 5.91 Å². The van der Waals surface area contributed by atoms with Gasteiger partial charge in [0.2, 0.25) is 0 Å². The molecule has 1 aromatic heterocycles. The average Bonchev–Trinajstić information content (AvgIpc) is 2.47. The van der Waals surface area contributed by atoms with Gasteiger partial charge in [-0.2, -0.15) is 0 Å². The van der Waals surface area contributed by atoms with Gasteiger partial charge in [-0.3, -0.25) is 9.78 Å². The molecule has 0 atom stereocenters. The second kappa shape index (κ2) is 6.43. The van der Waals surface area contributed by atoms with Crippen molar-refractivity contribution >= 4 is 29.0 Å². The van der Waals surface area contributed by atoms with Crippen molar-refractivity contribution in [1.82, 2.24) is 4.98 Å². The molecule has 20 heavy (non-hydrogen) atoms. The highest BCUT2D eigenvalue weighted by Gasteiger charge is 2.13. The topological polar surface area (TPSA) is 54.0 Å². The van der Waals surface area contributed by atoms with Crippen molar-refractivity contribution < 1.29 is 4.79 Å². The monoisotopic (exact) mass is 287 g/mol. The molecule has 0 aliphatic rings. The minimum atomic E-state index is -0.164. The summed E-state index contributed by atoms with van der Waals surface area (Å²) in [7, 11) is 1.79. The molecule has 0 saturated heterocycles. The zero-order valence-electron chi connectivity index (χ0n) is 11.7. The lowest BCUT2D eigenvalue weighted by atomic mass is 10.2. The molecule has 2 N–H and O–H groups in total. The Morgan fingerprint density at radius 2 is 2.00 bits per heavy atom. The number of nitrogens with zero attached hydrogens (tertiary/aromatic N) is 1. The van der Waals surface area contributed by atoms with Crippen molar-refractivity contribution in [3.8, 4) is 0 Å². The highest BCUT2D eigenvalue weighted by molar-refractivity contribution is 7.98. The van der Waals surface area contributed by atoms with E-state index >= 15 is 0 Å². The minimum Gasteiger partial charge on any atom is -0.387 e. The number of pyridine rings is 1. The fourth-order valence-corrected chi connectivity index (χ4v) is 2.44. The summed E-state index contributed by atoms with van der Waals surface area (Å²) in [5.41, 5.74) is 2.99. The number of benzene rings is 1. The molecule has 104 valence electrons. The van der Waals surface area contributed by atoms with E-state index < -0.39 is 0 Å². The van der Waals surface area contributed by atoms with Crippen LogP contribution in [0.15, 0.2) is 41.4 Å². The molecular weight excluding hydrogens is 270 g/mol. The van der Waals surface area contributed by atoms with Crippen LogP contribution in [-0.4, -0.2) is 24.2 Å². The van der Waals surface area contributed by atoms with Crippen LogP contribution in [0, 0.1) is 6.92 Å². The molecule has 1 heterocycles. The number of carbonyl (C=O) groups is 1. The third-order valence-corrected chi connectivity index (χ3v) is 3.71. The molecular formula is C15H17N3OS. The third kappa shape index (κ3) is 3.11. The van der Waals surface area contributed by atoms with E-state index in [2.05, 4.69) is 15.6 Å². The van der Waals surface area contributed by atoms with Crippen LogP contribution in [0.5, 0.6) is 0 Å². The van der Waals surface area contributed by atoms with E-state index in [0.717, 1.165) is 22.0 Å². The van der Waals surface area contributed by atoms with Crippen LogP contribution in [-0.2, 0) is 0 Å². The Kier molecular flexibility index (Phi) is 4.63. The van der Waals surface area contributed by atoms with Gasteiger partial charge in [-0.25, -0.2) is 0 Å². The molecule has 2 aromatic rings. The van der Waals surface area contributed by atoms with E-state index in [4.69, 9.17) is 0 Å².